The molecular weight excluding hydrogens is 194 g/mol. The minimum atomic E-state index is -0.295. The maximum Gasteiger partial charge on any atom is 0.173 e. The van der Waals surface area contributed by atoms with Crippen molar-refractivity contribution in [2.24, 2.45) is 11.7 Å². The zero-order valence-electron chi connectivity index (χ0n) is 8.22. The van der Waals surface area contributed by atoms with Crippen LogP contribution in [-0.2, 0) is 4.74 Å². The third-order valence-corrected chi connectivity index (χ3v) is 2.58. The van der Waals surface area contributed by atoms with Gasteiger partial charge in [0.1, 0.15) is 0 Å². The molecule has 1 aromatic rings. The minimum absolute atomic E-state index is 0.0781. The molecule has 0 aliphatic carbocycles. The first-order chi connectivity index (χ1) is 7.20. The highest BCUT2D eigenvalue weighted by atomic mass is 16.5. The van der Waals surface area contributed by atoms with E-state index in [2.05, 4.69) is 4.98 Å². The Morgan fingerprint density at radius 3 is 2.93 bits per heavy atom. The number of hydrogen-bond donors (Lipinski definition) is 2. The number of nitrogens with two attached hydrogens (primary N) is 2. The van der Waals surface area contributed by atoms with Gasteiger partial charge in [0.25, 0.3) is 0 Å². The van der Waals surface area contributed by atoms with Gasteiger partial charge in [0.05, 0.1) is 24.7 Å². The van der Waals surface area contributed by atoms with Crippen LogP contribution >= 0.6 is 0 Å². The topological polar surface area (TPSA) is 91.2 Å². The van der Waals surface area contributed by atoms with Crippen LogP contribution < -0.4 is 11.5 Å². The smallest absolute Gasteiger partial charge is 0.173 e. The van der Waals surface area contributed by atoms with Crippen LogP contribution in [0.25, 0.3) is 0 Å². The van der Waals surface area contributed by atoms with Crippen molar-refractivity contribution in [3.05, 3.63) is 24.0 Å². The average Bonchev–Trinajstić information content (AvgIpc) is 2.64. The van der Waals surface area contributed by atoms with Gasteiger partial charge < -0.3 is 16.2 Å². The number of pyridine rings is 1. The number of nitrogens with zero attached hydrogens (tertiary/aromatic N) is 1. The maximum absolute atomic E-state index is 12.0. The van der Waals surface area contributed by atoms with Crippen molar-refractivity contribution in [2.45, 2.75) is 6.04 Å². The summed E-state index contributed by atoms with van der Waals surface area (Å²) in [7, 11) is 0. The number of carbonyl (C=O) groups excluding carboxylic acids is 1. The summed E-state index contributed by atoms with van der Waals surface area (Å²) in [6.07, 6.45) is 3.03. The van der Waals surface area contributed by atoms with Gasteiger partial charge in [0, 0.05) is 24.1 Å². The zero-order chi connectivity index (χ0) is 10.8. The molecule has 1 aromatic heterocycles. The van der Waals surface area contributed by atoms with Crippen LogP contribution in [-0.4, -0.2) is 30.0 Å². The van der Waals surface area contributed by atoms with E-state index < -0.39 is 0 Å². The van der Waals surface area contributed by atoms with Crippen LogP contribution in [0.4, 0.5) is 5.69 Å². The molecule has 2 unspecified atom stereocenters. The maximum atomic E-state index is 12.0. The average molecular weight is 207 g/mol. The number of aromatic nitrogens is 1. The molecule has 80 valence electrons. The van der Waals surface area contributed by atoms with Crippen LogP contribution in [0.3, 0.4) is 0 Å². The van der Waals surface area contributed by atoms with E-state index in [0.29, 0.717) is 24.5 Å². The molecule has 4 N–H and O–H groups in total. The molecule has 2 rings (SSSR count). The number of ether oxygens (including phenoxy) is 1. The number of anilines is 1. The second kappa shape index (κ2) is 3.96. The molecule has 0 spiro atoms. The molecule has 5 nitrogen and oxygen atoms in total. The van der Waals surface area contributed by atoms with E-state index in [1.807, 2.05) is 0 Å². The summed E-state index contributed by atoms with van der Waals surface area (Å²) in [5.41, 5.74) is 12.3. The Morgan fingerprint density at radius 2 is 2.33 bits per heavy atom. The number of Topliss-reactive ketones (excluding diaryl/α,β-unsaturated/α-hetero) is 1. The molecule has 1 aliphatic rings. The molecule has 0 saturated carbocycles. The lowest BCUT2D eigenvalue weighted by molar-refractivity contribution is 0.0896. The molecular formula is C10H13N3O2. The summed E-state index contributed by atoms with van der Waals surface area (Å²) in [5.74, 6) is -0.373. The van der Waals surface area contributed by atoms with E-state index in [4.69, 9.17) is 16.2 Å². The van der Waals surface area contributed by atoms with Gasteiger partial charge in [0.2, 0.25) is 0 Å². The molecule has 5 heteroatoms. The number of rotatable bonds is 2. The van der Waals surface area contributed by atoms with Gasteiger partial charge in [0.15, 0.2) is 5.78 Å². The highest BCUT2D eigenvalue weighted by molar-refractivity contribution is 6.02. The molecule has 2 atom stereocenters. The molecule has 2 heterocycles. The summed E-state index contributed by atoms with van der Waals surface area (Å²) in [5, 5.41) is 0. The van der Waals surface area contributed by atoms with E-state index in [1.165, 1.54) is 6.20 Å². The van der Waals surface area contributed by atoms with Crippen molar-refractivity contribution in [1.82, 2.24) is 4.98 Å². The molecule has 15 heavy (non-hydrogen) atoms. The monoisotopic (exact) mass is 207 g/mol. The van der Waals surface area contributed by atoms with Crippen LogP contribution in [0.5, 0.6) is 0 Å². The molecule has 0 bridgehead atoms. The van der Waals surface area contributed by atoms with E-state index in [1.54, 1.807) is 12.3 Å². The van der Waals surface area contributed by atoms with Crippen LogP contribution in [0.2, 0.25) is 0 Å². The summed E-state index contributed by atoms with van der Waals surface area (Å²) in [4.78, 5) is 15.9. The lowest BCUT2D eigenvalue weighted by Crippen LogP contribution is -2.34. The predicted molar refractivity (Wildman–Crippen MR) is 55.3 cm³/mol. The van der Waals surface area contributed by atoms with Crippen LogP contribution in [0.1, 0.15) is 10.4 Å². The van der Waals surface area contributed by atoms with Gasteiger partial charge in [-0.05, 0) is 6.07 Å². The minimum Gasteiger partial charge on any atom is -0.398 e. The quantitative estimate of drug-likeness (QED) is 0.656. The number of carbonyl (C=O) groups is 1. The predicted octanol–water partition coefficient (Wildman–Crippen LogP) is -0.180. The van der Waals surface area contributed by atoms with Crippen molar-refractivity contribution in [1.29, 1.82) is 0 Å². The first-order valence-corrected chi connectivity index (χ1v) is 4.77. The highest BCUT2D eigenvalue weighted by Crippen LogP contribution is 2.20. The molecule has 0 aromatic carbocycles. The Hall–Kier alpha value is -1.46. The van der Waals surface area contributed by atoms with Gasteiger partial charge in [-0.3, -0.25) is 9.78 Å². The molecule has 0 radical (unpaired) electrons. The van der Waals surface area contributed by atoms with Crippen molar-refractivity contribution >= 4 is 11.5 Å². The summed E-state index contributed by atoms with van der Waals surface area (Å²) in [6, 6.07) is 1.37. The SMILES string of the molecule is Nc1ccncc1C(=O)C1COCC1N. The standard InChI is InChI=1S/C10H13N3O2/c11-8-1-2-13-3-6(8)10(14)7-4-15-5-9(7)12/h1-3,7,9H,4-5,12H2,(H2,11,13). The van der Waals surface area contributed by atoms with E-state index >= 15 is 0 Å². The molecule has 1 aliphatic heterocycles. The fraction of sp³-hybridized carbons (Fsp3) is 0.400. The van der Waals surface area contributed by atoms with Crippen molar-refractivity contribution < 1.29 is 9.53 Å². The van der Waals surface area contributed by atoms with Gasteiger partial charge in [-0.1, -0.05) is 0 Å². The van der Waals surface area contributed by atoms with Crippen molar-refractivity contribution in [2.75, 3.05) is 18.9 Å². The van der Waals surface area contributed by atoms with Gasteiger partial charge in [-0.15, -0.1) is 0 Å². The Bertz CT molecular complexity index is 381. The first kappa shape index (κ1) is 10.1. The number of nitrogen functional groups attached to an aromatic ring is 1. The normalized spacial score (nSPS) is 25.4. The second-order valence-corrected chi connectivity index (χ2v) is 3.63. The Morgan fingerprint density at radius 1 is 1.53 bits per heavy atom. The van der Waals surface area contributed by atoms with Crippen molar-refractivity contribution in [3.8, 4) is 0 Å². The molecule has 1 fully saturated rings. The van der Waals surface area contributed by atoms with E-state index in [-0.39, 0.29) is 17.7 Å². The largest absolute Gasteiger partial charge is 0.398 e. The van der Waals surface area contributed by atoms with Crippen LogP contribution in [0.15, 0.2) is 18.5 Å². The van der Waals surface area contributed by atoms with E-state index in [0.717, 1.165) is 0 Å². The number of hydrogen-bond acceptors (Lipinski definition) is 5. The van der Waals surface area contributed by atoms with E-state index in [9.17, 15) is 4.79 Å². The second-order valence-electron chi connectivity index (χ2n) is 3.63. The lowest BCUT2D eigenvalue weighted by atomic mass is 9.94. The fourth-order valence-corrected chi connectivity index (χ4v) is 1.65. The fourth-order valence-electron chi connectivity index (χ4n) is 1.65. The number of ketones is 1. The third kappa shape index (κ3) is 1.84. The first-order valence-electron chi connectivity index (χ1n) is 4.77. The summed E-state index contributed by atoms with van der Waals surface area (Å²) in [6.45, 7) is 0.797. The summed E-state index contributed by atoms with van der Waals surface area (Å²) < 4.78 is 5.14. The zero-order valence-corrected chi connectivity index (χ0v) is 8.22. The lowest BCUT2D eigenvalue weighted by Gasteiger charge is -2.12. The Kier molecular flexibility index (Phi) is 2.66. The molecule has 0 amide bonds. The van der Waals surface area contributed by atoms with Crippen molar-refractivity contribution in [3.63, 3.8) is 0 Å². The Balaban J connectivity index is 2.24. The van der Waals surface area contributed by atoms with Gasteiger partial charge in [-0.25, -0.2) is 0 Å². The highest BCUT2D eigenvalue weighted by Gasteiger charge is 2.32. The molecule has 1 saturated heterocycles. The van der Waals surface area contributed by atoms with Gasteiger partial charge >= 0.3 is 0 Å². The summed E-state index contributed by atoms with van der Waals surface area (Å²) >= 11 is 0. The van der Waals surface area contributed by atoms with Crippen LogP contribution in [0, 0.1) is 5.92 Å². The Labute approximate surface area is 87.4 Å². The third-order valence-electron chi connectivity index (χ3n) is 2.58. The van der Waals surface area contributed by atoms with Gasteiger partial charge in [-0.2, -0.15) is 0 Å².